The number of hydrogen-bond acceptors (Lipinski definition) is 6. The largest absolute Gasteiger partial charge is 0.467 e. The summed E-state index contributed by atoms with van der Waals surface area (Å²) in [6.07, 6.45) is 5.60. The van der Waals surface area contributed by atoms with Crippen LogP contribution in [-0.4, -0.2) is 42.0 Å². The van der Waals surface area contributed by atoms with Crippen LogP contribution in [0.4, 0.5) is 0 Å². The summed E-state index contributed by atoms with van der Waals surface area (Å²) in [7, 11) is 0. The van der Waals surface area contributed by atoms with Crippen molar-refractivity contribution in [2.24, 2.45) is 0 Å². The zero-order valence-corrected chi connectivity index (χ0v) is 18.2. The summed E-state index contributed by atoms with van der Waals surface area (Å²) in [6, 6.07) is 15.3. The molecule has 33 heavy (non-hydrogen) atoms. The predicted molar refractivity (Wildman–Crippen MR) is 123 cm³/mol. The molecule has 0 spiro atoms. The predicted octanol–water partition coefficient (Wildman–Crippen LogP) is 3.32. The molecule has 9 nitrogen and oxygen atoms in total. The maximum absolute atomic E-state index is 13.2. The van der Waals surface area contributed by atoms with Gasteiger partial charge in [-0.05, 0) is 25.1 Å². The standard InChI is InChI=1S/C24H23N7O2/c1-2-30-16-26-29-22(30)10-11-25-24(32)19-13-21(17-7-4-3-5-8-17)28-23-20(19)14-27-31(23)15-18-9-6-12-33-18/h3-9,12-14,16H,2,10-11,15H2,1H3,(H,25,32). The third-order valence-corrected chi connectivity index (χ3v) is 5.48. The molecule has 5 rings (SSSR count). The van der Waals surface area contributed by atoms with E-state index in [9.17, 15) is 4.79 Å². The summed E-state index contributed by atoms with van der Waals surface area (Å²) >= 11 is 0. The maximum Gasteiger partial charge on any atom is 0.252 e. The van der Waals surface area contributed by atoms with E-state index in [0.717, 1.165) is 23.7 Å². The molecule has 0 aliphatic heterocycles. The van der Waals surface area contributed by atoms with Crippen LogP contribution < -0.4 is 5.32 Å². The normalized spacial score (nSPS) is 11.2. The molecule has 0 aliphatic carbocycles. The Balaban J connectivity index is 1.47. The summed E-state index contributed by atoms with van der Waals surface area (Å²) in [4.78, 5) is 18.0. The minimum Gasteiger partial charge on any atom is -0.467 e. The lowest BCUT2D eigenvalue weighted by molar-refractivity contribution is 0.0955. The van der Waals surface area contributed by atoms with E-state index in [-0.39, 0.29) is 5.91 Å². The smallest absolute Gasteiger partial charge is 0.252 e. The Morgan fingerprint density at radius 1 is 1.15 bits per heavy atom. The molecule has 4 aromatic heterocycles. The number of rotatable bonds is 8. The molecule has 5 aromatic rings. The average Bonchev–Trinajstić information content (AvgIpc) is 3.61. The number of amides is 1. The Bertz CT molecular complexity index is 1370. The van der Waals surface area contributed by atoms with E-state index in [1.165, 1.54) is 0 Å². The monoisotopic (exact) mass is 441 g/mol. The number of aromatic nitrogens is 6. The van der Waals surface area contributed by atoms with Gasteiger partial charge in [0.1, 0.15) is 24.5 Å². The van der Waals surface area contributed by atoms with Crippen molar-refractivity contribution in [2.75, 3.05) is 6.54 Å². The molecule has 0 radical (unpaired) electrons. The number of nitrogens with zero attached hydrogens (tertiary/aromatic N) is 6. The molecular formula is C24H23N7O2. The molecule has 166 valence electrons. The number of benzene rings is 1. The fourth-order valence-corrected chi connectivity index (χ4v) is 3.78. The first-order chi connectivity index (χ1) is 16.2. The van der Waals surface area contributed by atoms with Gasteiger partial charge in [0.15, 0.2) is 5.65 Å². The minimum atomic E-state index is -0.181. The van der Waals surface area contributed by atoms with Gasteiger partial charge in [0.25, 0.3) is 5.91 Å². The van der Waals surface area contributed by atoms with Gasteiger partial charge in [0, 0.05) is 25.1 Å². The second kappa shape index (κ2) is 9.07. The van der Waals surface area contributed by atoms with Gasteiger partial charge in [-0.2, -0.15) is 5.10 Å². The van der Waals surface area contributed by atoms with E-state index in [4.69, 9.17) is 9.40 Å². The van der Waals surface area contributed by atoms with Crippen molar-refractivity contribution in [3.8, 4) is 11.3 Å². The van der Waals surface area contributed by atoms with Crippen molar-refractivity contribution < 1.29 is 9.21 Å². The van der Waals surface area contributed by atoms with Crippen LogP contribution in [0.5, 0.6) is 0 Å². The zero-order valence-electron chi connectivity index (χ0n) is 18.2. The van der Waals surface area contributed by atoms with Crippen LogP contribution in [0.3, 0.4) is 0 Å². The second-order valence-corrected chi connectivity index (χ2v) is 7.58. The van der Waals surface area contributed by atoms with Gasteiger partial charge in [-0.1, -0.05) is 30.3 Å². The highest BCUT2D eigenvalue weighted by molar-refractivity contribution is 6.06. The van der Waals surface area contributed by atoms with Crippen LogP contribution in [0.25, 0.3) is 22.3 Å². The van der Waals surface area contributed by atoms with Crippen LogP contribution in [0.2, 0.25) is 0 Å². The molecule has 0 unspecified atom stereocenters. The van der Waals surface area contributed by atoms with Gasteiger partial charge in [0.05, 0.1) is 29.1 Å². The zero-order chi connectivity index (χ0) is 22.6. The first-order valence-electron chi connectivity index (χ1n) is 10.8. The molecule has 1 N–H and O–H groups in total. The fraction of sp³-hybridized carbons (Fsp3) is 0.208. The van der Waals surface area contributed by atoms with Crippen LogP contribution in [0.15, 0.2) is 71.7 Å². The Labute approximate surface area is 190 Å². The first kappa shape index (κ1) is 20.6. The minimum absolute atomic E-state index is 0.181. The highest BCUT2D eigenvalue weighted by Crippen LogP contribution is 2.25. The summed E-state index contributed by atoms with van der Waals surface area (Å²) in [5, 5.41) is 16.3. The van der Waals surface area contributed by atoms with E-state index < -0.39 is 0 Å². The number of nitrogens with one attached hydrogen (secondary N) is 1. The maximum atomic E-state index is 13.2. The summed E-state index contributed by atoms with van der Waals surface area (Å²) in [5.74, 6) is 1.42. The molecule has 0 atom stereocenters. The Hall–Kier alpha value is -4.27. The van der Waals surface area contributed by atoms with Crippen LogP contribution in [0.1, 0.15) is 28.9 Å². The van der Waals surface area contributed by atoms with Crippen LogP contribution in [-0.2, 0) is 19.5 Å². The molecule has 0 fully saturated rings. The summed E-state index contributed by atoms with van der Waals surface area (Å²) in [5.41, 5.74) is 2.79. The van der Waals surface area contributed by atoms with Gasteiger partial charge < -0.3 is 14.3 Å². The van der Waals surface area contributed by atoms with Crippen molar-refractivity contribution >= 4 is 16.9 Å². The molecule has 1 amide bonds. The molecule has 4 heterocycles. The number of carbonyl (C=O) groups is 1. The SMILES string of the molecule is CCn1cnnc1CCNC(=O)c1cc(-c2ccccc2)nc2c1cnn2Cc1ccco1. The first-order valence-corrected chi connectivity index (χ1v) is 10.8. The van der Waals surface area contributed by atoms with E-state index in [2.05, 4.69) is 20.6 Å². The average molecular weight is 441 g/mol. The van der Waals surface area contributed by atoms with Crippen molar-refractivity contribution in [3.63, 3.8) is 0 Å². The molecule has 0 bridgehead atoms. The second-order valence-electron chi connectivity index (χ2n) is 7.58. The molecule has 0 aliphatic rings. The molecule has 1 aromatic carbocycles. The number of aryl methyl sites for hydroxylation is 1. The number of hydrogen-bond donors (Lipinski definition) is 1. The van der Waals surface area contributed by atoms with E-state index in [1.807, 2.05) is 60.0 Å². The third-order valence-electron chi connectivity index (χ3n) is 5.48. The van der Waals surface area contributed by atoms with Gasteiger partial charge in [-0.15, -0.1) is 10.2 Å². The third kappa shape index (κ3) is 4.25. The lowest BCUT2D eigenvalue weighted by Crippen LogP contribution is -2.26. The Kier molecular flexibility index (Phi) is 5.67. The fourth-order valence-electron chi connectivity index (χ4n) is 3.78. The van der Waals surface area contributed by atoms with Gasteiger partial charge in [-0.3, -0.25) is 4.79 Å². The molecular weight excluding hydrogens is 418 g/mol. The van der Waals surface area contributed by atoms with E-state index >= 15 is 0 Å². The Morgan fingerprint density at radius 2 is 2.03 bits per heavy atom. The van der Waals surface area contributed by atoms with Gasteiger partial charge in [-0.25, -0.2) is 9.67 Å². The highest BCUT2D eigenvalue weighted by Gasteiger charge is 2.18. The lowest BCUT2D eigenvalue weighted by atomic mass is 10.1. The van der Waals surface area contributed by atoms with Crippen molar-refractivity contribution in [2.45, 2.75) is 26.4 Å². The number of pyridine rings is 1. The quantitative estimate of drug-likeness (QED) is 0.396. The van der Waals surface area contributed by atoms with Crippen LogP contribution in [0, 0.1) is 0 Å². The number of fused-ring (bicyclic) bond motifs is 1. The van der Waals surface area contributed by atoms with Crippen molar-refractivity contribution in [1.29, 1.82) is 0 Å². The van der Waals surface area contributed by atoms with Gasteiger partial charge >= 0.3 is 0 Å². The van der Waals surface area contributed by atoms with E-state index in [0.29, 0.717) is 41.8 Å². The highest BCUT2D eigenvalue weighted by atomic mass is 16.3. The van der Waals surface area contributed by atoms with Gasteiger partial charge in [0.2, 0.25) is 0 Å². The van der Waals surface area contributed by atoms with Crippen molar-refractivity contribution in [1.82, 2.24) is 34.8 Å². The van der Waals surface area contributed by atoms with E-state index in [1.54, 1.807) is 23.5 Å². The molecule has 0 saturated heterocycles. The lowest BCUT2D eigenvalue weighted by Gasteiger charge is -2.10. The topological polar surface area (TPSA) is 104 Å². The summed E-state index contributed by atoms with van der Waals surface area (Å²) < 4.78 is 9.19. The molecule has 9 heteroatoms. The summed E-state index contributed by atoms with van der Waals surface area (Å²) in [6.45, 7) is 3.69. The number of furan rings is 1. The Morgan fingerprint density at radius 3 is 2.82 bits per heavy atom. The number of carbonyl (C=O) groups excluding carboxylic acids is 1. The van der Waals surface area contributed by atoms with Crippen molar-refractivity contribution in [3.05, 3.63) is 84.5 Å². The molecule has 0 saturated carbocycles. The van der Waals surface area contributed by atoms with Crippen LogP contribution >= 0.6 is 0 Å².